The minimum absolute atomic E-state index is 0.0809. The second-order valence-electron chi connectivity index (χ2n) is 3.43. The van der Waals surface area contributed by atoms with Crippen LogP contribution in [0, 0.1) is 0 Å². The smallest absolute Gasteiger partial charge is 0.281 e. The number of aryl methyl sites for hydroxylation is 2. The van der Waals surface area contributed by atoms with Crippen molar-refractivity contribution >= 4 is 17.6 Å². The van der Waals surface area contributed by atoms with Crippen LogP contribution in [0.2, 0.25) is 0 Å². The predicted molar refractivity (Wildman–Crippen MR) is 53.5 cm³/mol. The van der Waals surface area contributed by atoms with Crippen molar-refractivity contribution < 1.29 is 9.59 Å². The quantitative estimate of drug-likeness (QED) is 0.698. The molecule has 1 aliphatic rings. The normalized spacial score (nSPS) is 16.0. The molecule has 1 fully saturated rings. The summed E-state index contributed by atoms with van der Waals surface area (Å²) in [6.07, 6.45) is 2.48. The van der Waals surface area contributed by atoms with Gasteiger partial charge in [-0.15, -0.1) is 0 Å². The third kappa shape index (κ3) is 1.58. The fraction of sp³-hybridized carbons (Fsp3) is 0.444. The van der Waals surface area contributed by atoms with Crippen molar-refractivity contribution in [3.8, 4) is 0 Å². The summed E-state index contributed by atoms with van der Waals surface area (Å²) in [6, 6.07) is -0.372. The van der Waals surface area contributed by atoms with E-state index in [9.17, 15) is 9.59 Å². The summed E-state index contributed by atoms with van der Waals surface area (Å²) in [5, 5.41) is 6.45. The largest absolute Gasteiger partial charge is 0.329 e. The van der Waals surface area contributed by atoms with E-state index < -0.39 is 0 Å². The zero-order valence-electron chi connectivity index (χ0n) is 8.65. The molecule has 1 aromatic rings. The molecule has 0 aliphatic carbocycles. The number of urea groups is 1. The molecule has 0 aromatic carbocycles. The molecular formula is C9H12N4O2. The summed E-state index contributed by atoms with van der Waals surface area (Å²) in [4.78, 5) is 23.9. The van der Waals surface area contributed by atoms with E-state index in [-0.39, 0.29) is 18.5 Å². The summed E-state index contributed by atoms with van der Waals surface area (Å²) in [7, 11) is 1.79. The Morgan fingerprint density at radius 1 is 1.53 bits per heavy atom. The number of carbonyl (C=O) groups is 2. The topological polar surface area (TPSA) is 67.2 Å². The first-order valence-corrected chi connectivity index (χ1v) is 4.75. The third-order valence-corrected chi connectivity index (χ3v) is 2.30. The van der Waals surface area contributed by atoms with Crippen LogP contribution < -0.4 is 10.2 Å². The number of aromatic nitrogens is 2. The SMILES string of the molecule is CCc1nn(C)cc1N1CC(=O)NC1=O. The maximum atomic E-state index is 11.4. The summed E-state index contributed by atoms with van der Waals surface area (Å²) in [5.74, 6) is -0.272. The second kappa shape index (κ2) is 3.38. The first-order chi connectivity index (χ1) is 7.11. The molecule has 2 heterocycles. The minimum atomic E-state index is -0.372. The number of amides is 3. The molecule has 15 heavy (non-hydrogen) atoms. The van der Waals surface area contributed by atoms with Crippen molar-refractivity contribution in [2.24, 2.45) is 7.05 Å². The molecule has 1 N–H and O–H groups in total. The van der Waals surface area contributed by atoms with Crippen LogP contribution in [0.5, 0.6) is 0 Å². The number of rotatable bonds is 2. The Labute approximate surface area is 86.9 Å². The van der Waals surface area contributed by atoms with Gasteiger partial charge in [0.1, 0.15) is 6.54 Å². The Bertz CT molecular complexity index is 424. The molecule has 0 radical (unpaired) electrons. The molecule has 1 aliphatic heterocycles. The lowest BCUT2D eigenvalue weighted by atomic mass is 10.3. The molecule has 3 amide bonds. The van der Waals surface area contributed by atoms with E-state index >= 15 is 0 Å². The van der Waals surface area contributed by atoms with Crippen molar-refractivity contribution in [3.05, 3.63) is 11.9 Å². The van der Waals surface area contributed by atoms with E-state index in [2.05, 4.69) is 10.4 Å². The number of imide groups is 1. The van der Waals surface area contributed by atoms with Gasteiger partial charge in [0.05, 0.1) is 11.4 Å². The first kappa shape index (κ1) is 9.70. The molecule has 0 unspecified atom stereocenters. The van der Waals surface area contributed by atoms with Crippen LogP contribution in [0.25, 0.3) is 0 Å². The number of nitrogens with one attached hydrogen (secondary N) is 1. The maximum absolute atomic E-state index is 11.4. The molecule has 6 heteroatoms. The lowest BCUT2D eigenvalue weighted by Crippen LogP contribution is -2.28. The Morgan fingerprint density at radius 3 is 2.80 bits per heavy atom. The molecule has 2 rings (SSSR count). The zero-order chi connectivity index (χ0) is 11.0. The van der Waals surface area contributed by atoms with E-state index in [0.717, 1.165) is 12.1 Å². The van der Waals surface area contributed by atoms with Gasteiger partial charge in [-0.3, -0.25) is 19.7 Å². The monoisotopic (exact) mass is 208 g/mol. The number of hydrogen-bond donors (Lipinski definition) is 1. The van der Waals surface area contributed by atoms with Gasteiger partial charge in [-0.05, 0) is 6.42 Å². The van der Waals surface area contributed by atoms with Gasteiger partial charge in [0.25, 0.3) is 0 Å². The van der Waals surface area contributed by atoms with E-state index in [1.165, 1.54) is 4.90 Å². The molecule has 6 nitrogen and oxygen atoms in total. The van der Waals surface area contributed by atoms with Gasteiger partial charge in [0.2, 0.25) is 5.91 Å². The van der Waals surface area contributed by atoms with Crippen LogP contribution >= 0.6 is 0 Å². The Balaban J connectivity index is 2.36. The van der Waals surface area contributed by atoms with Gasteiger partial charge in [-0.25, -0.2) is 4.79 Å². The van der Waals surface area contributed by atoms with Crippen LogP contribution in [-0.2, 0) is 18.3 Å². The fourth-order valence-electron chi connectivity index (χ4n) is 1.64. The number of carbonyl (C=O) groups excluding carboxylic acids is 2. The van der Waals surface area contributed by atoms with Crippen LogP contribution in [0.15, 0.2) is 6.20 Å². The van der Waals surface area contributed by atoms with Crippen molar-refractivity contribution in [2.45, 2.75) is 13.3 Å². The third-order valence-electron chi connectivity index (χ3n) is 2.30. The predicted octanol–water partition coefficient (Wildman–Crippen LogP) is 0.0387. The van der Waals surface area contributed by atoms with Gasteiger partial charge in [-0.2, -0.15) is 5.10 Å². The Morgan fingerprint density at radius 2 is 2.27 bits per heavy atom. The average molecular weight is 208 g/mol. The van der Waals surface area contributed by atoms with Crippen molar-refractivity contribution in [1.29, 1.82) is 0 Å². The Kier molecular flexibility index (Phi) is 2.18. The van der Waals surface area contributed by atoms with Crippen molar-refractivity contribution in [2.75, 3.05) is 11.4 Å². The zero-order valence-corrected chi connectivity index (χ0v) is 8.65. The van der Waals surface area contributed by atoms with E-state index in [4.69, 9.17) is 0 Å². The summed E-state index contributed by atoms with van der Waals surface area (Å²) in [5.41, 5.74) is 1.53. The van der Waals surface area contributed by atoms with Gasteiger partial charge in [0, 0.05) is 13.2 Å². The van der Waals surface area contributed by atoms with Crippen molar-refractivity contribution in [1.82, 2.24) is 15.1 Å². The first-order valence-electron chi connectivity index (χ1n) is 4.75. The van der Waals surface area contributed by atoms with E-state index in [1.807, 2.05) is 6.92 Å². The lowest BCUT2D eigenvalue weighted by Gasteiger charge is -2.11. The molecule has 80 valence electrons. The standard InChI is InChI=1S/C9H12N4O2/c1-3-6-7(4-12(2)11-6)13-5-8(14)10-9(13)15/h4H,3,5H2,1-2H3,(H,10,14,15). The molecule has 0 bridgehead atoms. The van der Waals surface area contributed by atoms with Crippen molar-refractivity contribution in [3.63, 3.8) is 0 Å². The van der Waals surface area contributed by atoms with Crippen LogP contribution in [0.3, 0.4) is 0 Å². The molecule has 0 atom stereocenters. The van der Waals surface area contributed by atoms with E-state index in [1.54, 1.807) is 17.9 Å². The highest BCUT2D eigenvalue weighted by atomic mass is 16.2. The fourth-order valence-corrected chi connectivity index (χ4v) is 1.64. The molecule has 0 spiro atoms. The molecule has 0 saturated carbocycles. The van der Waals surface area contributed by atoms with Gasteiger partial charge in [-0.1, -0.05) is 6.92 Å². The van der Waals surface area contributed by atoms with Crippen LogP contribution in [0.1, 0.15) is 12.6 Å². The van der Waals surface area contributed by atoms with Crippen LogP contribution in [0.4, 0.5) is 10.5 Å². The number of nitrogens with zero attached hydrogens (tertiary/aromatic N) is 3. The molecule has 1 aromatic heterocycles. The lowest BCUT2D eigenvalue weighted by molar-refractivity contribution is -0.117. The average Bonchev–Trinajstić information content (AvgIpc) is 2.69. The van der Waals surface area contributed by atoms with E-state index in [0.29, 0.717) is 5.69 Å². The number of hydrogen-bond acceptors (Lipinski definition) is 3. The highest BCUT2D eigenvalue weighted by Crippen LogP contribution is 2.21. The summed E-state index contributed by atoms with van der Waals surface area (Å²) < 4.78 is 1.64. The highest BCUT2D eigenvalue weighted by Gasteiger charge is 2.30. The maximum Gasteiger partial charge on any atom is 0.329 e. The molecular weight excluding hydrogens is 196 g/mol. The highest BCUT2D eigenvalue weighted by molar-refractivity contribution is 6.12. The number of anilines is 1. The van der Waals surface area contributed by atoms with Crippen LogP contribution in [-0.4, -0.2) is 28.3 Å². The van der Waals surface area contributed by atoms with Gasteiger partial charge >= 0.3 is 6.03 Å². The van der Waals surface area contributed by atoms with Gasteiger partial charge in [0.15, 0.2) is 0 Å². The summed E-state index contributed by atoms with van der Waals surface area (Å²) >= 11 is 0. The van der Waals surface area contributed by atoms with Gasteiger partial charge < -0.3 is 0 Å². The Hall–Kier alpha value is -1.85. The second-order valence-corrected chi connectivity index (χ2v) is 3.43. The molecule has 1 saturated heterocycles. The minimum Gasteiger partial charge on any atom is -0.281 e. The summed E-state index contributed by atoms with van der Waals surface area (Å²) in [6.45, 7) is 2.04.